The van der Waals surface area contributed by atoms with Gasteiger partial charge in [0.05, 0.1) is 0 Å². The predicted molar refractivity (Wildman–Crippen MR) is 77.5 cm³/mol. The van der Waals surface area contributed by atoms with Gasteiger partial charge in [-0.1, -0.05) is 32.4 Å². The molecule has 0 aromatic heterocycles. The second kappa shape index (κ2) is 6.44. The molecule has 0 spiro atoms. The van der Waals surface area contributed by atoms with Crippen LogP contribution in [0.25, 0.3) is 0 Å². The molecule has 0 aliphatic rings. The third-order valence-corrected chi connectivity index (χ3v) is 3.33. The first-order valence-corrected chi connectivity index (χ1v) is 6.88. The van der Waals surface area contributed by atoms with Crippen molar-refractivity contribution in [1.29, 1.82) is 0 Å². The summed E-state index contributed by atoms with van der Waals surface area (Å²) in [4.78, 5) is 12.1. The molecule has 0 bridgehead atoms. The molecule has 4 heteroatoms. The Labute approximate surface area is 119 Å². The summed E-state index contributed by atoms with van der Waals surface area (Å²) in [7, 11) is 0. The maximum Gasteiger partial charge on any atom is 0.251 e. The van der Waals surface area contributed by atoms with Crippen molar-refractivity contribution in [2.24, 2.45) is 5.41 Å². The average molecular weight is 288 g/mol. The molecule has 1 aromatic carbocycles. The van der Waals surface area contributed by atoms with Crippen molar-refractivity contribution in [2.75, 3.05) is 5.88 Å². The molecule has 1 amide bonds. The van der Waals surface area contributed by atoms with E-state index in [-0.39, 0.29) is 17.4 Å². The van der Waals surface area contributed by atoms with Crippen LogP contribution in [-0.4, -0.2) is 17.8 Å². The zero-order chi connectivity index (χ0) is 13.8. The molecule has 0 aliphatic carbocycles. The summed E-state index contributed by atoms with van der Waals surface area (Å²) < 4.78 is 0. The van der Waals surface area contributed by atoms with Crippen molar-refractivity contribution in [3.05, 3.63) is 34.9 Å². The Balaban J connectivity index is 2.75. The van der Waals surface area contributed by atoms with Gasteiger partial charge in [-0.25, -0.2) is 0 Å². The molecular formula is C14H19Cl2NO. The maximum atomic E-state index is 12.1. The van der Waals surface area contributed by atoms with Crippen LogP contribution in [-0.2, 0) is 0 Å². The summed E-state index contributed by atoms with van der Waals surface area (Å²) in [6, 6.07) is 6.92. The summed E-state index contributed by atoms with van der Waals surface area (Å²) in [6.07, 6.45) is 0.754. The summed E-state index contributed by atoms with van der Waals surface area (Å²) in [5, 5.41) is 3.65. The molecule has 1 unspecified atom stereocenters. The van der Waals surface area contributed by atoms with Crippen LogP contribution in [0.1, 0.15) is 37.6 Å². The lowest BCUT2D eigenvalue weighted by Gasteiger charge is -2.31. The van der Waals surface area contributed by atoms with E-state index in [9.17, 15) is 4.79 Å². The van der Waals surface area contributed by atoms with Crippen molar-refractivity contribution >= 4 is 29.1 Å². The molecule has 18 heavy (non-hydrogen) atoms. The minimum atomic E-state index is -0.0864. The van der Waals surface area contributed by atoms with E-state index >= 15 is 0 Å². The SMILES string of the molecule is CC(C)(C)C(CCCl)NC(=O)c1ccc(Cl)cc1. The van der Waals surface area contributed by atoms with E-state index in [0.717, 1.165) is 6.42 Å². The van der Waals surface area contributed by atoms with E-state index in [4.69, 9.17) is 23.2 Å². The van der Waals surface area contributed by atoms with Gasteiger partial charge >= 0.3 is 0 Å². The van der Waals surface area contributed by atoms with E-state index in [1.165, 1.54) is 0 Å². The van der Waals surface area contributed by atoms with Gasteiger partial charge in [0.2, 0.25) is 0 Å². The van der Waals surface area contributed by atoms with E-state index in [1.54, 1.807) is 24.3 Å². The van der Waals surface area contributed by atoms with E-state index < -0.39 is 0 Å². The Hall–Kier alpha value is -0.730. The fraction of sp³-hybridized carbons (Fsp3) is 0.500. The number of alkyl halides is 1. The highest BCUT2D eigenvalue weighted by Gasteiger charge is 2.25. The van der Waals surface area contributed by atoms with Crippen LogP contribution in [0.2, 0.25) is 5.02 Å². The van der Waals surface area contributed by atoms with E-state index in [0.29, 0.717) is 16.5 Å². The molecular weight excluding hydrogens is 269 g/mol. The number of benzene rings is 1. The van der Waals surface area contributed by atoms with Crippen molar-refractivity contribution in [2.45, 2.75) is 33.2 Å². The molecule has 0 saturated heterocycles. The number of carbonyl (C=O) groups is 1. The predicted octanol–water partition coefficient (Wildman–Crippen LogP) is 4.11. The van der Waals surface area contributed by atoms with Gasteiger partial charge in [-0.15, -0.1) is 11.6 Å². The normalized spacial score (nSPS) is 13.2. The number of hydrogen-bond acceptors (Lipinski definition) is 1. The van der Waals surface area contributed by atoms with Crippen molar-refractivity contribution in [1.82, 2.24) is 5.32 Å². The summed E-state index contributed by atoms with van der Waals surface area (Å²) >= 11 is 11.6. The van der Waals surface area contributed by atoms with Crippen LogP contribution < -0.4 is 5.32 Å². The molecule has 0 fully saturated rings. The third kappa shape index (κ3) is 4.51. The maximum absolute atomic E-state index is 12.1. The van der Waals surface area contributed by atoms with E-state index in [2.05, 4.69) is 26.1 Å². The molecule has 1 rings (SSSR count). The standard InChI is InChI=1S/C14H19Cl2NO/c1-14(2,3)12(8-9-15)17-13(18)10-4-6-11(16)7-5-10/h4-7,12H,8-9H2,1-3H3,(H,17,18). The number of amides is 1. The third-order valence-electron chi connectivity index (χ3n) is 2.85. The molecule has 1 N–H and O–H groups in total. The quantitative estimate of drug-likeness (QED) is 0.830. The second-order valence-electron chi connectivity index (χ2n) is 5.38. The topological polar surface area (TPSA) is 29.1 Å². The molecule has 0 aliphatic heterocycles. The smallest absolute Gasteiger partial charge is 0.251 e. The fourth-order valence-corrected chi connectivity index (χ4v) is 2.02. The van der Waals surface area contributed by atoms with Gasteiger partial charge in [-0.2, -0.15) is 0 Å². The molecule has 0 radical (unpaired) electrons. The average Bonchev–Trinajstić information content (AvgIpc) is 2.28. The van der Waals surface area contributed by atoms with Gasteiger partial charge in [0.15, 0.2) is 0 Å². The highest BCUT2D eigenvalue weighted by Crippen LogP contribution is 2.22. The van der Waals surface area contributed by atoms with Crippen LogP contribution in [0.15, 0.2) is 24.3 Å². The van der Waals surface area contributed by atoms with Gasteiger partial charge < -0.3 is 5.32 Å². The van der Waals surface area contributed by atoms with Gasteiger partial charge in [0.25, 0.3) is 5.91 Å². The zero-order valence-electron chi connectivity index (χ0n) is 11.0. The molecule has 0 saturated carbocycles. The Morgan fingerprint density at radius 2 is 1.83 bits per heavy atom. The van der Waals surface area contributed by atoms with Gasteiger partial charge in [-0.3, -0.25) is 4.79 Å². The Morgan fingerprint density at radius 3 is 2.28 bits per heavy atom. The molecule has 0 heterocycles. The lowest BCUT2D eigenvalue weighted by atomic mass is 9.85. The lowest BCUT2D eigenvalue weighted by Crippen LogP contribution is -2.44. The molecule has 1 atom stereocenters. The summed E-state index contributed by atoms with van der Waals surface area (Å²) in [5.41, 5.74) is 0.597. The highest BCUT2D eigenvalue weighted by atomic mass is 35.5. The largest absolute Gasteiger partial charge is 0.349 e. The molecule has 1 aromatic rings. The summed E-state index contributed by atoms with van der Waals surface area (Å²) in [6.45, 7) is 6.27. The van der Waals surface area contributed by atoms with E-state index in [1.807, 2.05) is 0 Å². The number of nitrogens with one attached hydrogen (secondary N) is 1. The first kappa shape index (κ1) is 15.3. The summed E-state index contributed by atoms with van der Waals surface area (Å²) in [5.74, 6) is 0.444. The first-order chi connectivity index (χ1) is 8.34. The monoisotopic (exact) mass is 287 g/mol. The van der Waals surface area contributed by atoms with Crippen LogP contribution in [0.5, 0.6) is 0 Å². The molecule has 2 nitrogen and oxygen atoms in total. The van der Waals surface area contributed by atoms with Crippen LogP contribution in [0.4, 0.5) is 0 Å². The first-order valence-electron chi connectivity index (χ1n) is 5.97. The number of carbonyl (C=O) groups excluding carboxylic acids is 1. The Morgan fingerprint density at radius 1 is 1.28 bits per heavy atom. The van der Waals surface area contributed by atoms with Gasteiger partial charge in [0.1, 0.15) is 0 Å². The minimum Gasteiger partial charge on any atom is -0.349 e. The van der Waals surface area contributed by atoms with Crippen molar-refractivity contribution < 1.29 is 4.79 Å². The Kier molecular flexibility index (Phi) is 5.48. The fourth-order valence-electron chi connectivity index (χ4n) is 1.67. The molecule has 100 valence electrons. The van der Waals surface area contributed by atoms with Crippen LogP contribution in [0, 0.1) is 5.41 Å². The van der Waals surface area contributed by atoms with Crippen molar-refractivity contribution in [3.8, 4) is 0 Å². The van der Waals surface area contributed by atoms with Gasteiger partial charge in [0, 0.05) is 22.5 Å². The van der Waals surface area contributed by atoms with Crippen molar-refractivity contribution in [3.63, 3.8) is 0 Å². The van der Waals surface area contributed by atoms with Crippen LogP contribution >= 0.6 is 23.2 Å². The Bertz CT molecular complexity index is 395. The number of rotatable bonds is 4. The highest BCUT2D eigenvalue weighted by molar-refractivity contribution is 6.30. The minimum absolute atomic E-state index is 0.0169. The zero-order valence-corrected chi connectivity index (χ0v) is 12.5. The van der Waals surface area contributed by atoms with Gasteiger partial charge in [-0.05, 0) is 36.1 Å². The number of hydrogen-bond donors (Lipinski definition) is 1. The van der Waals surface area contributed by atoms with Crippen LogP contribution in [0.3, 0.4) is 0 Å². The number of halogens is 2. The lowest BCUT2D eigenvalue weighted by molar-refractivity contribution is 0.0900. The second-order valence-corrected chi connectivity index (χ2v) is 6.19.